The van der Waals surface area contributed by atoms with E-state index in [1.165, 1.54) is 0 Å². The van der Waals surface area contributed by atoms with Crippen molar-refractivity contribution >= 4 is 22.5 Å². The van der Waals surface area contributed by atoms with E-state index in [0.717, 1.165) is 10.3 Å². The van der Waals surface area contributed by atoms with Crippen LogP contribution in [0.1, 0.15) is 0 Å². The van der Waals surface area contributed by atoms with E-state index in [0.29, 0.717) is 5.39 Å². The zero-order chi connectivity index (χ0) is 10.1. The molecule has 0 aliphatic carbocycles. The van der Waals surface area contributed by atoms with Gasteiger partial charge in [0.05, 0.1) is 0 Å². The third-order valence-electron chi connectivity index (χ3n) is 2.18. The minimum absolute atomic E-state index is 0.203. The second-order valence-corrected chi connectivity index (χ2v) is 3.83. The van der Waals surface area contributed by atoms with Crippen LogP contribution in [0.3, 0.4) is 0 Å². The molecule has 2 aromatic carbocycles. The molecule has 0 saturated carbocycles. The largest absolute Gasteiger partial charge is 0.507 e. The molecule has 0 bridgehead atoms. The van der Waals surface area contributed by atoms with Crippen LogP contribution in [0.5, 0.6) is 11.5 Å². The van der Waals surface area contributed by atoms with Crippen molar-refractivity contribution in [1.82, 2.24) is 0 Å². The van der Waals surface area contributed by atoms with Gasteiger partial charge in [-0.1, -0.05) is 12.1 Å². The van der Waals surface area contributed by atoms with Crippen molar-refractivity contribution in [2.24, 2.45) is 0 Å². The van der Waals surface area contributed by atoms with Crippen LogP contribution < -0.4 is 0 Å². The SMILES string of the molecule is CSc1ccc(O)c2cccc(O)c12. The molecule has 0 saturated heterocycles. The summed E-state index contributed by atoms with van der Waals surface area (Å²) in [6, 6.07) is 8.60. The summed E-state index contributed by atoms with van der Waals surface area (Å²) in [4.78, 5) is 0.968. The number of phenolic OH excluding ortho intramolecular Hbond substituents is 2. The first-order valence-electron chi connectivity index (χ1n) is 4.21. The molecule has 2 rings (SSSR count). The first-order chi connectivity index (χ1) is 6.74. The van der Waals surface area contributed by atoms with E-state index < -0.39 is 0 Å². The Hall–Kier alpha value is -1.35. The van der Waals surface area contributed by atoms with Crippen LogP contribution in [0.2, 0.25) is 0 Å². The molecule has 0 atom stereocenters. The Balaban J connectivity index is 2.92. The van der Waals surface area contributed by atoms with Crippen LogP contribution in [0.25, 0.3) is 10.8 Å². The van der Waals surface area contributed by atoms with Gasteiger partial charge in [0.15, 0.2) is 0 Å². The van der Waals surface area contributed by atoms with Gasteiger partial charge in [0, 0.05) is 15.7 Å². The van der Waals surface area contributed by atoms with Crippen LogP contribution in [-0.4, -0.2) is 16.5 Å². The fraction of sp³-hybridized carbons (Fsp3) is 0.0909. The molecule has 0 unspecified atom stereocenters. The highest BCUT2D eigenvalue weighted by Gasteiger charge is 2.07. The highest BCUT2D eigenvalue weighted by atomic mass is 32.2. The van der Waals surface area contributed by atoms with Crippen molar-refractivity contribution < 1.29 is 10.2 Å². The summed E-state index contributed by atoms with van der Waals surface area (Å²) >= 11 is 1.55. The van der Waals surface area contributed by atoms with Gasteiger partial charge in [0.25, 0.3) is 0 Å². The minimum Gasteiger partial charge on any atom is -0.507 e. The number of phenols is 2. The Bertz CT molecular complexity index is 480. The first kappa shape index (κ1) is 9.21. The van der Waals surface area contributed by atoms with E-state index in [-0.39, 0.29) is 11.5 Å². The molecular weight excluding hydrogens is 196 g/mol. The van der Waals surface area contributed by atoms with Crippen LogP contribution in [-0.2, 0) is 0 Å². The summed E-state index contributed by atoms with van der Waals surface area (Å²) in [6.07, 6.45) is 1.94. The van der Waals surface area contributed by atoms with Crippen molar-refractivity contribution in [2.45, 2.75) is 4.90 Å². The first-order valence-corrected chi connectivity index (χ1v) is 5.44. The van der Waals surface area contributed by atoms with E-state index in [1.54, 1.807) is 36.0 Å². The Morgan fingerprint density at radius 1 is 1.00 bits per heavy atom. The molecule has 2 nitrogen and oxygen atoms in total. The van der Waals surface area contributed by atoms with Gasteiger partial charge < -0.3 is 10.2 Å². The van der Waals surface area contributed by atoms with Crippen LogP contribution in [0.15, 0.2) is 35.2 Å². The Morgan fingerprint density at radius 2 is 1.79 bits per heavy atom. The number of fused-ring (bicyclic) bond motifs is 1. The van der Waals surface area contributed by atoms with Crippen LogP contribution >= 0.6 is 11.8 Å². The number of thioether (sulfide) groups is 1. The van der Waals surface area contributed by atoms with Gasteiger partial charge in [0.2, 0.25) is 0 Å². The fourth-order valence-corrected chi connectivity index (χ4v) is 2.13. The Labute approximate surface area is 86.2 Å². The van der Waals surface area contributed by atoms with E-state index in [9.17, 15) is 10.2 Å². The average molecular weight is 206 g/mol. The standard InChI is InChI=1S/C11H10O2S/c1-14-10-6-5-8(12)7-3-2-4-9(13)11(7)10/h2-6,12-13H,1H3. The van der Waals surface area contributed by atoms with E-state index in [2.05, 4.69) is 0 Å². The molecule has 14 heavy (non-hydrogen) atoms. The summed E-state index contributed by atoms with van der Waals surface area (Å²) in [6.45, 7) is 0. The predicted molar refractivity (Wildman–Crippen MR) is 59.1 cm³/mol. The molecular formula is C11H10O2S. The summed E-state index contributed by atoms with van der Waals surface area (Å²) < 4.78 is 0. The third kappa shape index (κ3) is 1.30. The van der Waals surface area contributed by atoms with Crippen molar-refractivity contribution in [2.75, 3.05) is 6.26 Å². The molecule has 0 aliphatic heterocycles. The smallest absolute Gasteiger partial charge is 0.124 e. The van der Waals surface area contributed by atoms with Gasteiger partial charge in [-0.25, -0.2) is 0 Å². The number of aromatic hydroxyl groups is 2. The minimum atomic E-state index is 0.203. The molecule has 0 fully saturated rings. The summed E-state index contributed by atoms with van der Waals surface area (Å²) in [5, 5.41) is 20.7. The Morgan fingerprint density at radius 3 is 2.50 bits per heavy atom. The monoisotopic (exact) mass is 206 g/mol. The van der Waals surface area contributed by atoms with E-state index in [4.69, 9.17) is 0 Å². The normalized spacial score (nSPS) is 10.6. The van der Waals surface area contributed by atoms with Crippen LogP contribution in [0.4, 0.5) is 0 Å². The molecule has 0 spiro atoms. The fourth-order valence-electron chi connectivity index (χ4n) is 1.51. The zero-order valence-electron chi connectivity index (χ0n) is 7.69. The van der Waals surface area contributed by atoms with Crippen molar-refractivity contribution in [3.05, 3.63) is 30.3 Å². The van der Waals surface area contributed by atoms with Gasteiger partial charge >= 0.3 is 0 Å². The summed E-state index contributed by atoms with van der Waals surface area (Å²) in [5.41, 5.74) is 0. The predicted octanol–water partition coefficient (Wildman–Crippen LogP) is 2.97. The highest BCUT2D eigenvalue weighted by Crippen LogP contribution is 2.37. The van der Waals surface area contributed by atoms with Crippen molar-refractivity contribution in [3.8, 4) is 11.5 Å². The second-order valence-electron chi connectivity index (χ2n) is 2.99. The molecule has 2 aromatic rings. The topological polar surface area (TPSA) is 40.5 Å². The molecule has 0 heterocycles. The van der Waals surface area contributed by atoms with Gasteiger partial charge in [-0.05, 0) is 24.5 Å². The molecule has 0 radical (unpaired) electrons. The van der Waals surface area contributed by atoms with Gasteiger partial charge in [-0.15, -0.1) is 11.8 Å². The van der Waals surface area contributed by atoms with E-state index >= 15 is 0 Å². The maximum absolute atomic E-state index is 9.68. The quantitative estimate of drug-likeness (QED) is 0.705. The number of rotatable bonds is 1. The maximum Gasteiger partial charge on any atom is 0.124 e. The van der Waals surface area contributed by atoms with Gasteiger partial charge in [0.1, 0.15) is 11.5 Å². The number of hydrogen-bond acceptors (Lipinski definition) is 3. The molecule has 2 N–H and O–H groups in total. The highest BCUT2D eigenvalue weighted by molar-refractivity contribution is 7.98. The average Bonchev–Trinajstić information content (AvgIpc) is 2.20. The lowest BCUT2D eigenvalue weighted by molar-refractivity contribution is 0.474. The molecule has 0 amide bonds. The molecule has 3 heteroatoms. The van der Waals surface area contributed by atoms with Crippen molar-refractivity contribution in [3.63, 3.8) is 0 Å². The van der Waals surface area contributed by atoms with Crippen LogP contribution in [0, 0.1) is 0 Å². The lowest BCUT2D eigenvalue weighted by Gasteiger charge is -2.07. The molecule has 72 valence electrons. The zero-order valence-corrected chi connectivity index (χ0v) is 8.51. The maximum atomic E-state index is 9.68. The third-order valence-corrected chi connectivity index (χ3v) is 2.96. The number of hydrogen-bond donors (Lipinski definition) is 2. The summed E-state index contributed by atoms with van der Waals surface area (Å²) in [5.74, 6) is 0.413. The van der Waals surface area contributed by atoms with E-state index in [1.807, 2.05) is 12.3 Å². The second kappa shape index (κ2) is 3.42. The molecule has 0 aliphatic rings. The number of benzene rings is 2. The van der Waals surface area contributed by atoms with Gasteiger partial charge in [-0.3, -0.25) is 0 Å². The molecule has 0 aromatic heterocycles. The van der Waals surface area contributed by atoms with Gasteiger partial charge in [-0.2, -0.15) is 0 Å². The lowest BCUT2D eigenvalue weighted by Crippen LogP contribution is -1.79. The summed E-state index contributed by atoms with van der Waals surface area (Å²) in [7, 11) is 0. The lowest BCUT2D eigenvalue weighted by atomic mass is 10.1. The Kier molecular flexibility index (Phi) is 2.25. The van der Waals surface area contributed by atoms with Crippen molar-refractivity contribution in [1.29, 1.82) is 0 Å².